The van der Waals surface area contributed by atoms with Crippen molar-refractivity contribution in [3.05, 3.63) is 29.3 Å². The molecular formula is C14H24O. The Morgan fingerprint density at radius 2 is 1.80 bits per heavy atom. The summed E-state index contributed by atoms with van der Waals surface area (Å²) in [7, 11) is 1.74. The summed E-state index contributed by atoms with van der Waals surface area (Å²) in [6.07, 6.45) is 1.07. The zero-order valence-corrected chi connectivity index (χ0v) is 10.9. The van der Waals surface area contributed by atoms with E-state index in [4.69, 9.17) is 4.74 Å². The Balaban J connectivity index is 0.000000921. The van der Waals surface area contributed by atoms with Gasteiger partial charge >= 0.3 is 0 Å². The third-order valence-electron chi connectivity index (χ3n) is 2.33. The van der Waals surface area contributed by atoms with Gasteiger partial charge < -0.3 is 4.74 Å². The molecule has 0 bridgehead atoms. The lowest BCUT2D eigenvalue weighted by Gasteiger charge is -2.15. The number of hydrogen-bond acceptors (Lipinski definition) is 1. The number of ether oxygens (including phenoxy) is 1. The molecule has 0 fully saturated rings. The summed E-state index contributed by atoms with van der Waals surface area (Å²) >= 11 is 0. The highest BCUT2D eigenvalue weighted by atomic mass is 16.5. The Morgan fingerprint density at radius 3 is 2.20 bits per heavy atom. The summed E-state index contributed by atoms with van der Waals surface area (Å²) in [5.41, 5.74) is 2.75. The molecule has 0 amide bonds. The average Bonchev–Trinajstić information content (AvgIpc) is 2.30. The highest BCUT2D eigenvalue weighted by molar-refractivity contribution is 5.42. The van der Waals surface area contributed by atoms with E-state index in [1.807, 2.05) is 19.9 Å². The van der Waals surface area contributed by atoms with E-state index < -0.39 is 0 Å². The van der Waals surface area contributed by atoms with Crippen molar-refractivity contribution < 1.29 is 4.74 Å². The maximum Gasteiger partial charge on any atom is 0.122 e. The lowest BCUT2D eigenvalue weighted by molar-refractivity contribution is 0.406. The van der Waals surface area contributed by atoms with Gasteiger partial charge in [-0.3, -0.25) is 0 Å². The van der Waals surface area contributed by atoms with Crippen LogP contribution < -0.4 is 4.74 Å². The maximum absolute atomic E-state index is 5.35. The first-order chi connectivity index (χ1) is 7.20. The highest BCUT2D eigenvalue weighted by Gasteiger charge is 2.10. The van der Waals surface area contributed by atoms with Crippen molar-refractivity contribution in [1.82, 2.24) is 0 Å². The van der Waals surface area contributed by atoms with E-state index in [1.54, 1.807) is 7.11 Å². The van der Waals surface area contributed by atoms with Gasteiger partial charge in [-0.15, -0.1) is 0 Å². The topological polar surface area (TPSA) is 9.23 Å². The van der Waals surface area contributed by atoms with E-state index in [9.17, 15) is 0 Å². The molecule has 86 valence electrons. The predicted molar refractivity (Wildman–Crippen MR) is 67.8 cm³/mol. The van der Waals surface area contributed by atoms with Crippen LogP contribution in [-0.2, 0) is 6.42 Å². The van der Waals surface area contributed by atoms with Gasteiger partial charge in [-0.1, -0.05) is 46.8 Å². The molecule has 0 radical (unpaired) electrons. The second-order valence-electron chi connectivity index (χ2n) is 3.54. The molecule has 0 aliphatic rings. The molecule has 15 heavy (non-hydrogen) atoms. The van der Waals surface area contributed by atoms with E-state index in [0.29, 0.717) is 5.92 Å². The van der Waals surface area contributed by atoms with Crippen molar-refractivity contribution >= 4 is 0 Å². The van der Waals surface area contributed by atoms with Gasteiger partial charge in [0.1, 0.15) is 5.75 Å². The van der Waals surface area contributed by atoms with Crippen LogP contribution in [0.3, 0.4) is 0 Å². The third-order valence-corrected chi connectivity index (χ3v) is 2.33. The minimum absolute atomic E-state index is 0.533. The first-order valence-electron chi connectivity index (χ1n) is 5.86. The largest absolute Gasteiger partial charge is 0.496 e. The normalized spacial score (nSPS) is 9.53. The Morgan fingerprint density at radius 1 is 1.20 bits per heavy atom. The second-order valence-corrected chi connectivity index (χ2v) is 3.54. The number of hydrogen-bond donors (Lipinski definition) is 0. The van der Waals surface area contributed by atoms with Crippen LogP contribution in [0.5, 0.6) is 5.75 Å². The van der Waals surface area contributed by atoms with Gasteiger partial charge in [0.15, 0.2) is 0 Å². The molecule has 1 nitrogen and oxygen atoms in total. The quantitative estimate of drug-likeness (QED) is 0.715. The summed E-state index contributed by atoms with van der Waals surface area (Å²) in [6.45, 7) is 10.6. The maximum atomic E-state index is 5.35. The Kier molecular flexibility index (Phi) is 6.85. The van der Waals surface area contributed by atoms with E-state index in [1.165, 1.54) is 11.1 Å². The van der Waals surface area contributed by atoms with Crippen LogP contribution in [0.1, 0.15) is 51.7 Å². The summed E-state index contributed by atoms with van der Waals surface area (Å²) in [4.78, 5) is 0. The van der Waals surface area contributed by atoms with Crippen LogP contribution in [0.25, 0.3) is 0 Å². The summed E-state index contributed by atoms with van der Waals surface area (Å²) in [5, 5.41) is 0. The molecule has 0 atom stereocenters. The van der Waals surface area contributed by atoms with Crippen LogP contribution >= 0.6 is 0 Å². The second kappa shape index (κ2) is 7.33. The van der Waals surface area contributed by atoms with Gasteiger partial charge in [-0.25, -0.2) is 0 Å². The van der Waals surface area contributed by atoms with Crippen LogP contribution in [-0.4, -0.2) is 7.11 Å². The number of aryl methyl sites for hydroxylation is 1. The molecule has 0 aromatic heterocycles. The molecule has 1 aromatic carbocycles. The Hall–Kier alpha value is -0.980. The molecule has 1 heteroatoms. The van der Waals surface area contributed by atoms with E-state index in [2.05, 4.69) is 32.9 Å². The monoisotopic (exact) mass is 208 g/mol. The predicted octanol–water partition coefficient (Wildman–Crippen LogP) is 4.41. The molecular weight excluding hydrogens is 184 g/mol. The summed E-state index contributed by atoms with van der Waals surface area (Å²) < 4.78 is 5.35. The average molecular weight is 208 g/mol. The molecule has 0 N–H and O–H groups in total. The summed E-state index contributed by atoms with van der Waals surface area (Å²) in [6, 6.07) is 6.27. The minimum atomic E-state index is 0.533. The van der Waals surface area contributed by atoms with Crippen molar-refractivity contribution in [3.63, 3.8) is 0 Å². The fourth-order valence-corrected chi connectivity index (χ4v) is 1.73. The third kappa shape index (κ3) is 3.58. The van der Waals surface area contributed by atoms with Crippen molar-refractivity contribution in [1.29, 1.82) is 0 Å². The molecule has 0 unspecified atom stereocenters. The van der Waals surface area contributed by atoms with E-state index in [-0.39, 0.29) is 0 Å². The van der Waals surface area contributed by atoms with Gasteiger partial charge in [0.2, 0.25) is 0 Å². The minimum Gasteiger partial charge on any atom is -0.496 e. The lowest BCUT2D eigenvalue weighted by Crippen LogP contribution is -1.99. The zero-order chi connectivity index (χ0) is 11.8. The lowest BCUT2D eigenvalue weighted by atomic mass is 9.95. The Labute approximate surface area is 94.5 Å². The van der Waals surface area contributed by atoms with Gasteiger partial charge in [-0.05, 0) is 29.5 Å². The van der Waals surface area contributed by atoms with Gasteiger partial charge in [0, 0.05) is 0 Å². The van der Waals surface area contributed by atoms with Gasteiger partial charge in [0.05, 0.1) is 7.11 Å². The van der Waals surface area contributed by atoms with Crippen LogP contribution in [0.4, 0.5) is 0 Å². The van der Waals surface area contributed by atoms with Crippen LogP contribution in [0, 0.1) is 0 Å². The van der Waals surface area contributed by atoms with Crippen molar-refractivity contribution in [2.45, 2.75) is 47.0 Å². The number of methoxy groups -OCH3 is 1. The molecule has 0 saturated heterocycles. The van der Waals surface area contributed by atoms with Gasteiger partial charge in [-0.2, -0.15) is 0 Å². The van der Waals surface area contributed by atoms with E-state index >= 15 is 0 Å². The summed E-state index contributed by atoms with van der Waals surface area (Å²) in [5.74, 6) is 1.56. The first-order valence-corrected chi connectivity index (χ1v) is 5.86. The van der Waals surface area contributed by atoms with E-state index in [0.717, 1.165) is 12.2 Å². The molecule has 0 heterocycles. The van der Waals surface area contributed by atoms with Crippen LogP contribution in [0.15, 0.2) is 18.2 Å². The molecule has 0 saturated carbocycles. The SMILES string of the molecule is CC.CCc1cccc(OC)c1C(C)C. The smallest absolute Gasteiger partial charge is 0.122 e. The molecule has 1 rings (SSSR count). The number of rotatable bonds is 3. The number of benzene rings is 1. The van der Waals surface area contributed by atoms with Crippen molar-refractivity contribution in [3.8, 4) is 5.75 Å². The van der Waals surface area contributed by atoms with Crippen molar-refractivity contribution in [2.24, 2.45) is 0 Å². The first kappa shape index (κ1) is 14.0. The molecule has 0 aliphatic carbocycles. The fraction of sp³-hybridized carbons (Fsp3) is 0.571. The molecule has 1 aromatic rings. The Bertz CT molecular complexity index is 254. The fourth-order valence-electron chi connectivity index (χ4n) is 1.73. The van der Waals surface area contributed by atoms with Crippen molar-refractivity contribution in [2.75, 3.05) is 7.11 Å². The standard InChI is InChI=1S/C12H18O.C2H6/c1-5-10-7-6-8-11(13-4)12(10)9(2)3;1-2/h6-9H,5H2,1-4H3;1-2H3. The highest BCUT2D eigenvalue weighted by Crippen LogP contribution is 2.29. The van der Waals surface area contributed by atoms with Gasteiger partial charge in [0.25, 0.3) is 0 Å². The van der Waals surface area contributed by atoms with Crippen LogP contribution in [0.2, 0.25) is 0 Å². The zero-order valence-electron chi connectivity index (χ0n) is 10.9. The molecule has 0 aliphatic heterocycles. The molecule has 0 spiro atoms.